The number of hydrogen-bond acceptors (Lipinski definition) is 4. The molecule has 1 N–H and O–H groups in total. The van der Waals surface area contributed by atoms with Gasteiger partial charge in [0.1, 0.15) is 11.1 Å². The van der Waals surface area contributed by atoms with Gasteiger partial charge in [-0.3, -0.25) is 5.10 Å². The van der Waals surface area contributed by atoms with E-state index in [-0.39, 0.29) is 0 Å². The van der Waals surface area contributed by atoms with Gasteiger partial charge in [-0.25, -0.2) is 4.79 Å². The van der Waals surface area contributed by atoms with Crippen molar-refractivity contribution < 1.29 is 14.3 Å². The molecule has 0 aliphatic heterocycles. The molecule has 0 bridgehead atoms. The highest BCUT2D eigenvalue weighted by Gasteiger charge is 2.19. The van der Waals surface area contributed by atoms with E-state index in [0.29, 0.717) is 16.8 Å². The third-order valence-electron chi connectivity index (χ3n) is 2.25. The van der Waals surface area contributed by atoms with Crippen LogP contribution in [0, 0.1) is 0 Å². The Labute approximate surface area is 99.9 Å². The number of rotatable bonds is 2. The maximum absolute atomic E-state index is 11.6. The summed E-state index contributed by atoms with van der Waals surface area (Å²) in [5.74, 6) is -0.0170. The lowest BCUT2D eigenvalue weighted by molar-refractivity contribution is 0.0597. The summed E-state index contributed by atoms with van der Waals surface area (Å²) in [6, 6.07) is 1.66. The van der Waals surface area contributed by atoms with Gasteiger partial charge in [-0.05, 0) is 6.07 Å². The highest BCUT2D eigenvalue weighted by Crippen LogP contribution is 2.34. The molecule has 0 amide bonds. The molecular weight excluding hydrogens is 276 g/mol. The van der Waals surface area contributed by atoms with Gasteiger partial charge in [0.15, 0.2) is 5.75 Å². The van der Waals surface area contributed by atoms with Crippen LogP contribution in [0.4, 0.5) is 0 Å². The van der Waals surface area contributed by atoms with Crippen molar-refractivity contribution in [2.24, 2.45) is 0 Å². The van der Waals surface area contributed by atoms with Crippen molar-refractivity contribution in [1.82, 2.24) is 10.2 Å². The molecule has 2 rings (SSSR count). The summed E-state index contributed by atoms with van der Waals surface area (Å²) in [5, 5.41) is 7.55. The molecule has 1 aromatic heterocycles. The lowest BCUT2D eigenvalue weighted by atomic mass is 10.1. The Balaban J connectivity index is 2.78. The summed E-state index contributed by atoms with van der Waals surface area (Å²) < 4.78 is 10.6. The van der Waals surface area contributed by atoms with E-state index in [0.717, 1.165) is 9.86 Å². The van der Waals surface area contributed by atoms with E-state index in [1.807, 2.05) is 0 Å². The average molecular weight is 285 g/mol. The fraction of sp³-hybridized carbons (Fsp3) is 0.200. The first-order valence-corrected chi connectivity index (χ1v) is 5.26. The molecule has 0 aliphatic carbocycles. The van der Waals surface area contributed by atoms with Gasteiger partial charge >= 0.3 is 5.97 Å². The molecule has 0 radical (unpaired) electrons. The summed E-state index contributed by atoms with van der Waals surface area (Å²) in [6.07, 6.45) is 1.66. The number of aromatic nitrogens is 2. The van der Waals surface area contributed by atoms with E-state index in [1.54, 1.807) is 12.3 Å². The van der Waals surface area contributed by atoms with Crippen molar-refractivity contribution in [3.63, 3.8) is 0 Å². The summed E-state index contributed by atoms with van der Waals surface area (Å²) in [5.41, 5.74) is 1.02. The van der Waals surface area contributed by atoms with Crippen molar-refractivity contribution in [3.8, 4) is 5.75 Å². The minimum atomic E-state index is -0.450. The van der Waals surface area contributed by atoms with Gasteiger partial charge in [0, 0.05) is 9.86 Å². The Bertz CT molecular complexity index is 550. The molecule has 0 aliphatic rings. The van der Waals surface area contributed by atoms with Crippen LogP contribution in [-0.4, -0.2) is 30.4 Å². The van der Waals surface area contributed by atoms with Gasteiger partial charge in [-0.15, -0.1) is 0 Å². The van der Waals surface area contributed by atoms with Gasteiger partial charge < -0.3 is 9.47 Å². The molecule has 0 spiro atoms. The van der Waals surface area contributed by atoms with Crippen LogP contribution >= 0.6 is 15.9 Å². The van der Waals surface area contributed by atoms with E-state index >= 15 is 0 Å². The highest BCUT2D eigenvalue weighted by atomic mass is 79.9. The fourth-order valence-electron chi connectivity index (χ4n) is 1.52. The number of methoxy groups -OCH3 is 2. The number of ether oxygens (including phenoxy) is 2. The van der Waals surface area contributed by atoms with Crippen molar-refractivity contribution in [2.75, 3.05) is 14.2 Å². The van der Waals surface area contributed by atoms with Crippen LogP contribution in [0.5, 0.6) is 5.75 Å². The second kappa shape index (κ2) is 4.13. The summed E-state index contributed by atoms with van der Waals surface area (Å²) in [4.78, 5) is 11.6. The SMILES string of the molecule is COC(=O)c1cc(Br)c2cn[nH]c2c1OC. The van der Waals surface area contributed by atoms with Crippen LogP contribution in [0.3, 0.4) is 0 Å². The van der Waals surface area contributed by atoms with E-state index in [9.17, 15) is 4.79 Å². The number of carbonyl (C=O) groups excluding carboxylic acids is 1. The standard InChI is InChI=1S/C10H9BrN2O3/c1-15-9-5(10(14)16-2)3-7(11)6-4-12-13-8(6)9/h3-4H,1-2H3,(H,12,13). The Morgan fingerprint density at radius 2 is 2.25 bits per heavy atom. The van der Waals surface area contributed by atoms with Crippen LogP contribution in [0.15, 0.2) is 16.7 Å². The van der Waals surface area contributed by atoms with Crippen LogP contribution < -0.4 is 4.74 Å². The van der Waals surface area contributed by atoms with E-state index < -0.39 is 5.97 Å². The zero-order valence-electron chi connectivity index (χ0n) is 8.70. The predicted molar refractivity (Wildman–Crippen MR) is 61.7 cm³/mol. The lowest BCUT2D eigenvalue weighted by Gasteiger charge is -2.08. The summed E-state index contributed by atoms with van der Waals surface area (Å²) in [7, 11) is 2.82. The second-order valence-corrected chi connectivity index (χ2v) is 3.94. The monoisotopic (exact) mass is 284 g/mol. The van der Waals surface area contributed by atoms with E-state index in [2.05, 4.69) is 30.9 Å². The van der Waals surface area contributed by atoms with Gasteiger partial charge in [-0.2, -0.15) is 5.10 Å². The maximum atomic E-state index is 11.6. The largest absolute Gasteiger partial charge is 0.494 e. The second-order valence-electron chi connectivity index (χ2n) is 3.09. The zero-order chi connectivity index (χ0) is 11.7. The van der Waals surface area contributed by atoms with E-state index in [1.165, 1.54) is 14.2 Å². The van der Waals surface area contributed by atoms with Crippen molar-refractivity contribution in [3.05, 3.63) is 22.3 Å². The van der Waals surface area contributed by atoms with Crippen molar-refractivity contribution in [2.45, 2.75) is 0 Å². The Morgan fingerprint density at radius 1 is 1.50 bits per heavy atom. The first kappa shape index (κ1) is 10.9. The number of aromatic amines is 1. The molecule has 6 heteroatoms. The topological polar surface area (TPSA) is 64.2 Å². The van der Waals surface area contributed by atoms with Gasteiger partial charge in [-0.1, -0.05) is 15.9 Å². The highest BCUT2D eigenvalue weighted by molar-refractivity contribution is 9.10. The molecule has 0 atom stereocenters. The molecule has 0 saturated carbocycles. The van der Waals surface area contributed by atoms with Gasteiger partial charge in [0.2, 0.25) is 0 Å². The van der Waals surface area contributed by atoms with Gasteiger partial charge in [0.05, 0.1) is 20.4 Å². The van der Waals surface area contributed by atoms with Crippen LogP contribution in [0.1, 0.15) is 10.4 Å². The Kier molecular flexibility index (Phi) is 2.82. The minimum Gasteiger partial charge on any atom is -0.494 e. The number of H-pyrrole nitrogens is 1. The number of hydrogen-bond donors (Lipinski definition) is 1. The molecule has 2 aromatic rings. The number of nitrogens with zero attached hydrogens (tertiary/aromatic N) is 1. The summed E-state index contributed by atoms with van der Waals surface area (Å²) >= 11 is 3.36. The molecule has 1 aromatic carbocycles. The molecule has 0 unspecified atom stereocenters. The molecular formula is C10H9BrN2O3. The lowest BCUT2D eigenvalue weighted by Crippen LogP contribution is -2.04. The number of nitrogens with one attached hydrogen (secondary N) is 1. The fourth-order valence-corrected chi connectivity index (χ4v) is 2.05. The van der Waals surface area contributed by atoms with Crippen LogP contribution in [0.25, 0.3) is 10.9 Å². The molecule has 84 valence electrons. The Morgan fingerprint density at radius 3 is 2.88 bits per heavy atom. The molecule has 0 saturated heterocycles. The first-order valence-electron chi connectivity index (χ1n) is 4.47. The number of halogens is 1. The quantitative estimate of drug-likeness (QED) is 0.858. The number of fused-ring (bicyclic) bond motifs is 1. The first-order chi connectivity index (χ1) is 7.69. The minimum absolute atomic E-state index is 0.355. The van der Waals surface area contributed by atoms with Gasteiger partial charge in [0.25, 0.3) is 0 Å². The van der Waals surface area contributed by atoms with Crippen molar-refractivity contribution >= 4 is 32.8 Å². The normalized spacial score (nSPS) is 10.4. The van der Waals surface area contributed by atoms with Crippen LogP contribution in [-0.2, 0) is 4.74 Å². The molecule has 16 heavy (non-hydrogen) atoms. The number of carbonyl (C=O) groups is 1. The van der Waals surface area contributed by atoms with E-state index in [4.69, 9.17) is 4.74 Å². The average Bonchev–Trinajstić information content (AvgIpc) is 2.77. The van der Waals surface area contributed by atoms with Crippen molar-refractivity contribution in [1.29, 1.82) is 0 Å². The summed E-state index contributed by atoms with van der Waals surface area (Å²) in [6.45, 7) is 0. The number of benzene rings is 1. The maximum Gasteiger partial charge on any atom is 0.341 e. The molecule has 5 nitrogen and oxygen atoms in total. The van der Waals surface area contributed by atoms with Crippen LogP contribution in [0.2, 0.25) is 0 Å². The molecule has 1 heterocycles. The third kappa shape index (κ3) is 1.55. The smallest absolute Gasteiger partial charge is 0.341 e. The third-order valence-corrected chi connectivity index (χ3v) is 2.90. The molecule has 0 fully saturated rings. The Hall–Kier alpha value is -1.56. The zero-order valence-corrected chi connectivity index (χ0v) is 10.3. The predicted octanol–water partition coefficient (Wildman–Crippen LogP) is 2.12. The number of esters is 1.